The first-order valence-corrected chi connectivity index (χ1v) is 9.01. The van der Waals surface area contributed by atoms with E-state index >= 15 is 0 Å². The van der Waals surface area contributed by atoms with Crippen molar-refractivity contribution in [3.8, 4) is 0 Å². The molecule has 0 aliphatic carbocycles. The minimum Gasteiger partial charge on any atom is -0.339 e. The molecule has 3 rings (SSSR count). The Labute approximate surface area is 148 Å². The van der Waals surface area contributed by atoms with Crippen LogP contribution in [0.3, 0.4) is 0 Å². The fourth-order valence-electron chi connectivity index (χ4n) is 3.31. The second kappa shape index (κ2) is 8.14. The minimum absolute atomic E-state index is 0.0150. The van der Waals surface area contributed by atoms with Crippen LogP contribution in [0.2, 0.25) is 0 Å². The molecule has 1 fully saturated rings. The highest BCUT2D eigenvalue weighted by Gasteiger charge is 2.24. The molecule has 1 saturated heterocycles. The largest absolute Gasteiger partial charge is 0.339 e. The number of urea groups is 1. The zero-order chi connectivity index (χ0) is 17.6. The van der Waals surface area contributed by atoms with E-state index in [2.05, 4.69) is 22.4 Å². The smallest absolute Gasteiger partial charge is 0.317 e. The van der Waals surface area contributed by atoms with Gasteiger partial charge in [0.2, 0.25) is 5.89 Å². The molecule has 1 aromatic heterocycles. The molecule has 1 aromatic carbocycles. The summed E-state index contributed by atoms with van der Waals surface area (Å²) in [5, 5.41) is 7.01. The number of hydrogen-bond donors (Lipinski definition) is 1. The summed E-state index contributed by atoms with van der Waals surface area (Å²) < 4.78 is 5.25. The Bertz CT molecular complexity index is 686. The van der Waals surface area contributed by atoms with E-state index in [9.17, 15) is 4.79 Å². The van der Waals surface area contributed by atoms with Crippen LogP contribution in [0.15, 0.2) is 34.9 Å². The summed E-state index contributed by atoms with van der Waals surface area (Å²) in [6.07, 6.45) is 3.93. The van der Waals surface area contributed by atoms with Crippen LogP contribution in [0.1, 0.15) is 49.5 Å². The molecule has 2 amide bonds. The van der Waals surface area contributed by atoms with Crippen LogP contribution in [0.4, 0.5) is 4.79 Å². The number of hydrogen-bond acceptors (Lipinski definition) is 4. The van der Waals surface area contributed by atoms with E-state index in [0.717, 1.165) is 25.1 Å². The fourth-order valence-corrected chi connectivity index (χ4v) is 3.31. The zero-order valence-corrected chi connectivity index (χ0v) is 14.9. The van der Waals surface area contributed by atoms with Crippen LogP contribution in [0.5, 0.6) is 0 Å². The molecule has 134 valence electrons. The Morgan fingerprint density at radius 2 is 2.16 bits per heavy atom. The van der Waals surface area contributed by atoms with Crippen molar-refractivity contribution in [1.29, 1.82) is 0 Å². The molecule has 0 unspecified atom stereocenters. The van der Waals surface area contributed by atoms with Crippen LogP contribution in [0, 0.1) is 12.8 Å². The van der Waals surface area contributed by atoms with Crippen molar-refractivity contribution < 1.29 is 9.32 Å². The Kier molecular flexibility index (Phi) is 5.68. The average Bonchev–Trinajstić information content (AvgIpc) is 2.89. The molecule has 2 atom stereocenters. The maximum atomic E-state index is 12.8. The third kappa shape index (κ3) is 4.81. The summed E-state index contributed by atoms with van der Waals surface area (Å²) in [7, 11) is 0. The molecule has 0 spiro atoms. The summed E-state index contributed by atoms with van der Waals surface area (Å²) in [6.45, 7) is 5.63. The number of likely N-dealkylation sites (tertiary alicyclic amines) is 1. The van der Waals surface area contributed by atoms with E-state index in [-0.39, 0.29) is 12.1 Å². The maximum Gasteiger partial charge on any atom is 0.317 e. The van der Waals surface area contributed by atoms with Crippen LogP contribution in [-0.4, -0.2) is 34.2 Å². The predicted octanol–water partition coefficient (Wildman–Crippen LogP) is 3.49. The monoisotopic (exact) mass is 342 g/mol. The van der Waals surface area contributed by atoms with Gasteiger partial charge in [-0.05, 0) is 31.2 Å². The number of nitrogens with one attached hydrogen (secondary N) is 1. The lowest BCUT2D eigenvalue weighted by atomic mass is 10.0. The fraction of sp³-hybridized carbons (Fsp3) is 0.526. The van der Waals surface area contributed by atoms with Crippen molar-refractivity contribution in [2.75, 3.05) is 13.1 Å². The number of amides is 2. The summed E-state index contributed by atoms with van der Waals surface area (Å²) in [5.74, 6) is 1.69. The number of carbonyl (C=O) groups is 1. The third-order valence-corrected chi connectivity index (χ3v) is 4.64. The van der Waals surface area contributed by atoms with Gasteiger partial charge in [0.15, 0.2) is 5.82 Å². The van der Waals surface area contributed by atoms with Gasteiger partial charge in [-0.25, -0.2) is 4.79 Å². The molecule has 6 nitrogen and oxygen atoms in total. The van der Waals surface area contributed by atoms with E-state index in [0.29, 0.717) is 24.1 Å². The SMILES string of the molecule is Cc1noc(C[C@@H](NC(=O)N2CCCC[C@@H](C)C2)c2ccccc2)n1. The first kappa shape index (κ1) is 17.5. The lowest BCUT2D eigenvalue weighted by Crippen LogP contribution is -2.43. The predicted molar refractivity (Wildman–Crippen MR) is 95.0 cm³/mol. The number of rotatable bonds is 4. The third-order valence-electron chi connectivity index (χ3n) is 4.64. The molecular formula is C19H26N4O2. The normalized spacial score (nSPS) is 19.3. The maximum absolute atomic E-state index is 12.8. The minimum atomic E-state index is -0.188. The molecule has 1 aliphatic heterocycles. The highest BCUT2D eigenvalue weighted by atomic mass is 16.5. The molecular weight excluding hydrogens is 316 g/mol. The highest BCUT2D eigenvalue weighted by Crippen LogP contribution is 2.20. The van der Waals surface area contributed by atoms with Crippen LogP contribution in [0.25, 0.3) is 0 Å². The van der Waals surface area contributed by atoms with Gasteiger partial charge in [0.25, 0.3) is 0 Å². The van der Waals surface area contributed by atoms with Gasteiger partial charge in [0.1, 0.15) is 0 Å². The second-order valence-electron chi connectivity index (χ2n) is 6.90. The van der Waals surface area contributed by atoms with Crippen molar-refractivity contribution in [2.45, 2.75) is 45.6 Å². The molecule has 0 saturated carbocycles. The van der Waals surface area contributed by atoms with E-state index in [1.807, 2.05) is 35.2 Å². The molecule has 6 heteroatoms. The van der Waals surface area contributed by atoms with Crippen LogP contribution in [-0.2, 0) is 6.42 Å². The van der Waals surface area contributed by atoms with Gasteiger partial charge in [0, 0.05) is 13.1 Å². The molecule has 2 aromatic rings. The molecule has 25 heavy (non-hydrogen) atoms. The van der Waals surface area contributed by atoms with E-state index in [1.165, 1.54) is 12.8 Å². The Morgan fingerprint density at radius 1 is 1.36 bits per heavy atom. The first-order chi connectivity index (χ1) is 12.1. The van der Waals surface area contributed by atoms with Gasteiger partial charge >= 0.3 is 6.03 Å². The van der Waals surface area contributed by atoms with Crippen molar-refractivity contribution in [3.63, 3.8) is 0 Å². The highest BCUT2D eigenvalue weighted by molar-refractivity contribution is 5.74. The molecule has 1 aliphatic rings. The van der Waals surface area contributed by atoms with Crippen molar-refractivity contribution in [2.24, 2.45) is 5.92 Å². The van der Waals surface area contributed by atoms with Gasteiger partial charge in [-0.1, -0.05) is 48.8 Å². The van der Waals surface area contributed by atoms with E-state index in [4.69, 9.17) is 4.52 Å². The molecule has 0 bridgehead atoms. The lowest BCUT2D eigenvalue weighted by Gasteiger charge is -2.26. The van der Waals surface area contributed by atoms with Gasteiger partial charge in [-0.2, -0.15) is 4.98 Å². The number of aryl methyl sites for hydroxylation is 1. The lowest BCUT2D eigenvalue weighted by molar-refractivity contribution is 0.189. The van der Waals surface area contributed by atoms with Crippen molar-refractivity contribution >= 4 is 6.03 Å². The number of benzene rings is 1. The Balaban J connectivity index is 1.73. The van der Waals surface area contributed by atoms with Gasteiger partial charge in [0.05, 0.1) is 12.5 Å². The van der Waals surface area contributed by atoms with Crippen LogP contribution >= 0.6 is 0 Å². The number of nitrogens with zero attached hydrogens (tertiary/aromatic N) is 3. The van der Waals surface area contributed by atoms with Crippen molar-refractivity contribution in [1.82, 2.24) is 20.4 Å². The second-order valence-corrected chi connectivity index (χ2v) is 6.90. The Hall–Kier alpha value is -2.37. The molecule has 2 heterocycles. The summed E-state index contributed by atoms with van der Waals surface area (Å²) in [4.78, 5) is 19.0. The van der Waals surface area contributed by atoms with E-state index in [1.54, 1.807) is 6.92 Å². The van der Waals surface area contributed by atoms with E-state index < -0.39 is 0 Å². The Morgan fingerprint density at radius 3 is 2.88 bits per heavy atom. The zero-order valence-electron chi connectivity index (χ0n) is 14.9. The summed E-state index contributed by atoms with van der Waals surface area (Å²) in [5.41, 5.74) is 1.04. The average molecular weight is 342 g/mol. The standard InChI is InChI=1S/C19H26N4O2/c1-14-8-6-7-11-23(13-14)19(24)21-17(16-9-4-3-5-10-16)12-18-20-15(2)22-25-18/h3-5,9-10,14,17H,6-8,11-13H2,1-2H3,(H,21,24)/t14-,17-/m1/s1. The quantitative estimate of drug-likeness (QED) is 0.923. The molecule has 1 N–H and O–H groups in total. The number of carbonyl (C=O) groups excluding carboxylic acids is 1. The van der Waals surface area contributed by atoms with Crippen LogP contribution < -0.4 is 5.32 Å². The first-order valence-electron chi connectivity index (χ1n) is 9.01. The van der Waals surface area contributed by atoms with Gasteiger partial charge < -0.3 is 14.7 Å². The van der Waals surface area contributed by atoms with Gasteiger partial charge in [-0.3, -0.25) is 0 Å². The molecule has 0 radical (unpaired) electrons. The summed E-state index contributed by atoms with van der Waals surface area (Å²) in [6, 6.07) is 9.74. The summed E-state index contributed by atoms with van der Waals surface area (Å²) >= 11 is 0. The topological polar surface area (TPSA) is 71.3 Å². The van der Waals surface area contributed by atoms with Crippen molar-refractivity contribution in [3.05, 3.63) is 47.6 Å². The number of aromatic nitrogens is 2. The van der Waals surface area contributed by atoms with Gasteiger partial charge in [-0.15, -0.1) is 0 Å².